The number of ether oxygens (including phenoxy) is 1. The molecule has 2 aromatic rings. The van der Waals surface area contributed by atoms with Gasteiger partial charge in [0.05, 0.1) is 18.2 Å². The maximum Gasteiger partial charge on any atom is 0.229 e. The maximum atomic E-state index is 12.6. The van der Waals surface area contributed by atoms with Crippen LogP contribution in [0.2, 0.25) is 0 Å². The Morgan fingerprint density at radius 1 is 1.20 bits per heavy atom. The monoisotopic (exact) mass is 338 g/mol. The number of aryl methyl sites for hydroxylation is 1. The molecule has 5 nitrogen and oxygen atoms in total. The molecule has 5 heteroatoms. The summed E-state index contributed by atoms with van der Waals surface area (Å²) < 4.78 is 5.61. The number of hydrogen-bond donors (Lipinski definition) is 1. The molecule has 0 unspecified atom stereocenters. The highest BCUT2D eigenvalue weighted by molar-refractivity contribution is 6.04. The summed E-state index contributed by atoms with van der Waals surface area (Å²) in [5, 5.41) is 2.94. The summed E-state index contributed by atoms with van der Waals surface area (Å²) in [5.41, 5.74) is 2.51. The second kappa shape index (κ2) is 7.38. The van der Waals surface area contributed by atoms with Crippen LogP contribution >= 0.6 is 0 Å². The predicted molar refractivity (Wildman–Crippen MR) is 97.9 cm³/mol. The molecular formula is C20H22N2O3. The summed E-state index contributed by atoms with van der Waals surface area (Å²) in [5.74, 6) is 0.108. The standard InChI is InChI=1S/C20H22N2O3/c1-3-25-18-11-7-6-10-17(18)22-13-15(12-19(22)23)20(24)21-16-9-5-4-8-14(16)2/h4-11,15H,3,12-13H2,1-2H3,(H,21,24)/t15-/m1/s1. The first-order valence-electron chi connectivity index (χ1n) is 8.49. The van der Waals surface area contributed by atoms with E-state index < -0.39 is 0 Å². The molecule has 25 heavy (non-hydrogen) atoms. The van der Waals surface area contributed by atoms with E-state index in [2.05, 4.69) is 5.32 Å². The van der Waals surface area contributed by atoms with Crippen molar-refractivity contribution in [3.63, 3.8) is 0 Å². The van der Waals surface area contributed by atoms with Crippen molar-refractivity contribution in [2.75, 3.05) is 23.4 Å². The van der Waals surface area contributed by atoms with Crippen molar-refractivity contribution in [3.8, 4) is 5.75 Å². The summed E-state index contributed by atoms with van der Waals surface area (Å²) in [7, 11) is 0. The number of anilines is 2. The molecule has 0 aromatic heterocycles. The first-order chi connectivity index (χ1) is 12.1. The van der Waals surface area contributed by atoms with Gasteiger partial charge in [0.1, 0.15) is 5.75 Å². The van der Waals surface area contributed by atoms with Crippen LogP contribution in [0.4, 0.5) is 11.4 Å². The molecular weight excluding hydrogens is 316 g/mol. The van der Waals surface area contributed by atoms with Gasteiger partial charge in [0.15, 0.2) is 0 Å². The third kappa shape index (κ3) is 3.65. The molecule has 0 bridgehead atoms. The summed E-state index contributed by atoms with van der Waals surface area (Å²) in [6, 6.07) is 15.1. The van der Waals surface area contributed by atoms with Crippen LogP contribution in [0, 0.1) is 12.8 Å². The van der Waals surface area contributed by atoms with E-state index in [9.17, 15) is 9.59 Å². The van der Waals surface area contributed by atoms with E-state index in [-0.39, 0.29) is 24.2 Å². The van der Waals surface area contributed by atoms with Gasteiger partial charge in [-0.05, 0) is 37.6 Å². The third-order valence-corrected chi connectivity index (χ3v) is 4.35. The Labute approximate surface area is 147 Å². The molecule has 1 fully saturated rings. The van der Waals surface area contributed by atoms with Gasteiger partial charge in [-0.25, -0.2) is 0 Å². The number of para-hydroxylation sites is 3. The zero-order chi connectivity index (χ0) is 17.8. The molecule has 130 valence electrons. The lowest BCUT2D eigenvalue weighted by Crippen LogP contribution is -2.28. The van der Waals surface area contributed by atoms with Crippen LogP contribution < -0.4 is 15.0 Å². The van der Waals surface area contributed by atoms with Crippen molar-refractivity contribution in [2.45, 2.75) is 20.3 Å². The van der Waals surface area contributed by atoms with Gasteiger partial charge in [0.2, 0.25) is 11.8 Å². The molecule has 1 saturated heterocycles. The van der Waals surface area contributed by atoms with Crippen LogP contribution in [-0.4, -0.2) is 25.0 Å². The van der Waals surface area contributed by atoms with Crippen LogP contribution in [0.1, 0.15) is 18.9 Å². The SMILES string of the molecule is CCOc1ccccc1N1C[C@H](C(=O)Nc2ccccc2C)CC1=O. The number of rotatable bonds is 5. The van der Waals surface area contributed by atoms with Gasteiger partial charge in [0.25, 0.3) is 0 Å². The van der Waals surface area contributed by atoms with Crippen LogP contribution in [0.15, 0.2) is 48.5 Å². The molecule has 1 N–H and O–H groups in total. The summed E-state index contributed by atoms with van der Waals surface area (Å²) in [4.78, 5) is 26.7. The van der Waals surface area contributed by atoms with Crippen LogP contribution in [0.5, 0.6) is 5.75 Å². The molecule has 2 aromatic carbocycles. The second-order valence-electron chi connectivity index (χ2n) is 6.11. The fourth-order valence-corrected chi connectivity index (χ4v) is 3.02. The van der Waals surface area contributed by atoms with E-state index in [4.69, 9.17) is 4.74 Å². The summed E-state index contributed by atoms with van der Waals surface area (Å²) in [6.07, 6.45) is 0.207. The topological polar surface area (TPSA) is 58.6 Å². The average Bonchev–Trinajstić information content (AvgIpc) is 2.99. The van der Waals surface area contributed by atoms with Gasteiger partial charge in [-0.3, -0.25) is 9.59 Å². The van der Waals surface area contributed by atoms with E-state index in [1.165, 1.54) is 0 Å². The van der Waals surface area contributed by atoms with Crippen molar-refractivity contribution < 1.29 is 14.3 Å². The van der Waals surface area contributed by atoms with Gasteiger partial charge < -0.3 is 15.0 Å². The van der Waals surface area contributed by atoms with Crippen molar-refractivity contribution in [1.29, 1.82) is 0 Å². The first-order valence-corrected chi connectivity index (χ1v) is 8.49. The highest BCUT2D eigenvalue weighted by Gasteiger charge is 2.36. The van der Waals surface area contributed by atoms with Gasteiger partial charge in [0, 0.05) is 18.7 Å². The normalized spacial score (nSPS) is 16.8. The molecule has 1 aliphatic heterocycles. The van der Waals surface area contributed by atoms with Gasteiger partial charge in [-0.2, -0.15) is 0 Å². The van der Waals surface area contributed by atoms with E-state index in [1.807, 2.05) is 62.4 Å². The van der Waals surface area contributed by atoms with E-state index in [0.29, 0.717) is 18.9 Å². The summed E-state index contributed by atoms with van der Waals surface area (Å²) >= 11 is 0. The molecule has 3 rings (SSSR count). The molecule has 1 heterocycles. The lowest BCUT2D eigenvalue weighted by Gasteiger charge is -2.20. The lowest BCUT2D eigenvalue weighted by atomic mass is 10.1. The Balaban J connectivity index is 1.74. The maximum absolute atomic E-state index is 12.6. The summed E-state index contributed by atoms with van der Waals surface area (Å²) in [6.45, 7) is 4.73. The Hall–Kier alpha value is -2.82. The number of carbonyl (C=O) groups excluding carboxylic acids is 2. The smallest absolute Gasteiger partial charge is 0.229 e. The van der Waals surface area contributed by atoms with Crippen LogP contribution in [0.25, 0.3) is 0 Å². The minimum atomic E-state index is -0.373. The highest BCUT2D eigenvalue weighted by atomic mass is 16.5. The quantitative estimate of drug-likeness (QED) is 0.909. The Kier molecular flexibility index (Phi) is 5.03. The fraction of sp³-hybridized carbons (Fsp3) is 0.300. The van der Waals surface area contributed by atoms with Crippen molar-refractivity contribution in [2.24, 2.45) is 5.92 Å². The van der Waals surface area contributed by atoms with Gasteiger partial charge in [-0.1, -0.05) is 30.3 Å². The first kappa shape index (κ1) is 17.0. The van der Waals surface area contributed by atoms with Crippen molar-refractivity contribution in [3.05, 3.63) is 54.1 Å². The molecule has 0 spiro atoms. The van der Waals surface area contributed by atoms with Gasteiger partial charge in [-0.15, -0.1) is 0 Å². The Morgan fingerprint density at radius 2 is 1.92 bits per heavy atom. The van der Waals surface area contributed by atoms with E-state index in [1.54, 1.807) is 4.90 Å². The minimum absolute atomic E-state index is 0.0583. The van der Waals surface area contributed by atoms with Crippen molar-refractivity contribution in [1.82, 2.24) is 0 Å². The van der Waals surface area contributed by atoms with Crippen LogP contribution in [-0.2, 0) is 9.59 Å². The highest BCUT2D eigenvalue weighted by Crippen LogP contribution is 2.33. The molecule has 1 aliphatic rings. The van der Waals surface area contributed by atoms with E-state index in [0.717, 1.165) is 16.9 Å². The number of amides is 2. The fourth-order valence-electron chi connectivity index (χ4n) is 3.02. The molecule has 2 amide bonds. The van der Waals surface area contributed by atoms with Crippen LogP contribution in [0.3, 0.4) is 0 Å². The molecule has 0 saturated carbocycles. The zero-order valence-electron chi connectivity index (χ0n) is 14.5. The minimum Gasteiger partial charge on any atom is -0.492 e. The van der Waals surface area contributed by atoms with E-state index >= 15 is 0 Å². The predicted octanol–water partition coefficient (Wildman–Crippen LogP) is 3.39. The Bertz CT molecular complexity index is 788. The molecule has 1 atom stereocenters. The Morgan fingerprint density at radius 3 is 2.68 bits per heavy atom. The molecule has 0 radical (unpaired) electrons. The zero-order valence-corrected chi connectivity index (χ0v) is 14.5. The lowest BCUT2D eigenvalue weighted by molar-refractivity contribution is -0.122. The number of nitrogens with zero attached hydrogens (tertiary/aromatic N) is 1. The van der Waals surface area contributed by atoms with Crippen molar-refractivity contribution >= 4 is 23.2 Å². The largest absolute Gasteiger partial charge is 0.492 e. The average molecular weight is 338 g/mol. The number of hydrogen-bond acceptors (Lipinski definition) is 3. The second-order valence-corrected chi connectivity index (χ2v) is 6.11. The number of carbonyl (C=O) groups is 2. The third-order valence-electron chi connectivity index (χ3n) is 4.35. The number of nitrogens with one attached hydrogen (secondary N) is 1. The number of benzene rings is 2. The molecule has 0 aliphatic carbocycles. The van der Waals surface area contributed by atoms with Gasteiger partial charge >= 0.3 is 0 Å².